The Morgan fingerprint density at radius 3 is 2.95 bits per heavy atom. The molecule has 5 nitrogen and oxygen atoms in total. The largest absolute Gasteiger partial charge is 0.385 e. The zero-order valence-electron chi connectivity index (χ0n) is 12.4. The van der Waals surface area contributed by atoms with Crippen molar-refractivity contribution in [2.24, 2.45) is 11.7 Å². The number of carbonyl (C=O) groups is 1. The number of hydrogen-bond acceptors (Lipinski definition) is 4. The molecule has 2 unspecified atom stereocenters. The molecule has 0 saturated carbocycles. The van der Waals surface area contributed by atoms with E-state index in [9.17, 15) is 4.79 Å². The molecule has 2 atom stereocenters. The summed E-state index contributed by atoms with van der Waals surface area (Å²) in [6.45, 7) is 5.72. The molecule has 1 rings (SSSR count). The predicted octanol–water partition coefficient (Wildman–Crippen LogP) is 0.588. The Bertz CT molecular complexity index is 261. The highest BCUT2D eigenvalue weighted by Gasteiger charge is 2.27. The van der Waals surface area contributed by atoms with Gasteiger partial charge in [-0.15, -0.1) is 0 Å². The number of hydrogen-bond donors (Lipinski definition) is 2. The van der Waals surface area contributed by atoms with Gasteiger partial charge >= 0.3 is 0 Å². The minimum absolute atomic E-state index is 0.101. The molecule has 0 spiro atoms. The molecule has 0 radical (unpaired) electrons. The molecular formula is C14H29N3O2. The van der Waals surface area contributed by atoms with Gasteiger partial charge in [0.15, 0.2) is 0 Å². The first-order valence-corrected chi connectivity index (χ1v) is 7.41. The van der Waals surface area contributed by atoms with Gasteiger partial charge in [0.05, 0.1) is 6.54 Å². The second-order valence-corrected chi connectivity index (χ2v) is 5.35. The summed E-state index contributed by atoms with van der Waals surface area (Å²) in [6, 6.07) is 0.364. The zero-order valence-corrected chi connectivity index (χ0v) is 12.4. The molecule has 0 aromatic carbocycles. The lowest BCUT2D eigenvalue weighted by molar-refractivity contribution is -0.123. The van der Waals surface area contributed by atoms with E-state index in [0.29, 0.717) is 32.3 Å². The van der Waals surface area contributed by atoms with Crippen molar-refractivity contribution in [2.45, 2.75) is 38.6 Å². The number of likely N-dealkylation sites (tertiary alicyclic amines) is 1. The molecule has 1 amide bonds. The number of piperidine rings is 1. The van der Waals surface area contributed by atoms with Gasteiger partial charge in [0.25, 0.3) is 0 Å². The normalized spacial score (nSPS) is 24.4. The van der Waals surface area contributed by atoms with Crippen LogP contribution in [0, 0.1) is 5.92 Å². The van der Waals surface area contributed by atoms with Crippen LogP contribution < -0.4 is 11.1 Å². The third-order valence-electron chi connectivity index (χ3n) is 3.99. The number of amides is 1. The minimum atomic E-state index is 0.101. The molecule has 19 heavy (non-hydrogen) atoms. The van der Waals surface area contributed by atoms with Gasteiger partial charge in [0, 0.05) is 32.8 Å². The van der Waals surface area contributed by atoms with E-state index in [1.54, 1.807) is 7.11 Å². The maximum atomic E-state index is 11.9. The Morgan fingerprint density at radius 1 is 1.53 bits per heavy atom. The molecule has 5 heteroatoms. The maximum absolute atomic E-state index is 11.9. The molecule has 0 aliphatic carbocycles. The van der Waals surface area contributed by atoms with Crippen LogP contribution >= 0.6 is 0 Å². The van der Waals surface area contributed by atoms with Crippen molar-refractivity contribution in [2.75, 3.05) is 39.9 Å². The van der Waals surface area contributed by atoms with Crippen molar-refractivity contribution in [1.82, 2.24) is 10.2 Å². The average Bonchev–Trinajstić information content (AvgIpc) is 2.44. The Labute approximate surface area is 116 Å². The van der Waals surface area contributed by atoms with Gasteiger partial charge < -0.3 is 15.8 Å². The lowest BCUT2D eigenvalue weighted by Gasteiger charge is -2.38. The van der Waals surface area contributed by atoms with E-state index >= 15 is 0 Å². The van der Waals surface area contributed by atoms with Gasteiger partial charge in [-0.3, -0.25) is 9.69 Å². The molecule has 0 aromatic heterocycles. The van der Waals surface area contributed by atoms with Crippen LogP contribution in [0.5, 0.6) is 0 Å². The summed E-state index contributed by atoms with van der Waals surface area (Å²) in [5.74, 6) is 0.874. The fourth-order valence-electron chi connectivity index (χ4n) is 2.69. The Morgan fingerprint density at radius 2 is 2.32 bits per heavy atom. The summed E-state index contributed by atoms with van der Waals surface area (Å²) in [7, 11) is 1.67. The first-order valence-electron chi connectivity index (χ1n) is 7.41. The standard InChI is InChI=1S/C14H29N3O2/c1-3-12-5-7-17(13(9-12)10-15)11-14(18)16-6-4-8-19-2/h12-13H,3-11,15H2,1-2H3,(H,16,18). The number of nitrogens with zero attached hydrogens (tertiary/aromatic N) is 1. The van der Waals surface area contributed by atoms with Gasteiger partial charge in [-0.1, -0.05) is 13.3 Å². The summed E-state index contributed by atoms with van der Waals surface area (Å²) in [4.78, 5) is 14.1. The highest BCUT2D eigenvalue weighted by atomic mass is 16.5. The van der Waals surface area contributed by atoms with Gasteiger partial charge in [0.2, 0.25) is 5.91 Å². The van der Waals surface area contributed by atoms with Crippen molar-refractivity contribution < 1.29 is 9.53 Å². The third kappa shape index (κ3) is 5.89. The van der Waals surface area contributed by atoms with Crippen LogP contribution in [0.15, 0.2) is 0 Å². The first-order chi connectivity index (χ1) is 9.21. The molecule has 0 aromatic rings. The van der Waals surface area contributed by atoms with Crippen LogP contribution in [-0.2, 0) is 9.53 Å². The smallest absolute Gasteiger partial charge is 0.234 e. The van der Waals surface area contributed by atoms with Crippen molar-refractivity contribution >= 4 is 5.91 Å². The monoisotopic (exact) mass is 271 g/mol. The summed E-state index contributed by atoms with van der Waals surface area (Å²) in [5.41, 5.74) is 5.84. The highest BCUT2D eigenvalue weighted by Crippen LogP contribution is 2.24. The van der Waals surface area contributed by atoms with E-state index in [-0.39, 0.29) is 5.91 Å². The van der Waals surface area contributed by atoms with Gasteiger partial charge in [-0.05, 0) is 31.7 Å². The van der Waals surface area contributed by atoms with Crippen LogP contribution in [0.1, 0.15) is 32.6 Å². The second-order valence-electron chi connectivity index (χ2n) is 5.35. The van der Waals surface area contributed by atoms with E-state index in [2.05, 4.69) is 17.1 Å². The topological polar surface area (TPSA) is 67.6 Å². The average molecular weight is 271 g/mol. The van der Waals surface area contributed by atoms with Crippen LogP contribution in [0.2, 0.25) is 0 Å². The quantitative estimate of drug-likeness (QED) is 0.634. The highest BCUT2D eigenvalue weighted by molar-refractivity contribution is 5.78. The van der Waals surface area contributed by atoms with Crippen molar-refractivity contribution in [3.05, 3.63) is 0 Å². The fraction of sp³-hybridized carbons (Fsp3) is 0.929. The first kappa shape index (κ1) is 16.4. The third-order valence-corrected chi connectivity index (χ3v) is 3.99. The lowest BCUT2D eigenvalue weighted by atomic mass is 9.89. The number of carbonyl (C=O) groups excluding carboxylic acids is 1. The van der Waals surface area contributed by atoms with Crippen LogP contribution in [0.3, 0.4) is 0 Å². The summed E-state index contributed by atoms with van der Waals surface area (Å²) in [5, 5.41) is 2.93. The van der Waals surface area contributed by atoms with Crippen molar-refractivity contribution in [3.63, 3.8) is 0 Å². The van der Waals surface area contributed by atoms with Crippen LogP contribution in [-0.4, -0.2) is 56.7 Å². The van der Waals surface area contributed by atoms with Gasteiger partial charge in [0.1, 0.15) is 0 Å². The van der Waals surface area contributed by atoms with E-state index in [1.807, 2.05) is 0 Å². The summed E-state index contributed by atoms with van der Waals surface area (Å²) in [6.07, 6.45) is 4.39. The van der Waals surface area contributed by atoms with Gasteiger partial charge in [-0.2, -0.15) is 0 Å². The molecule has 1 aliphatic rings. The summed E-state index contributed by atoms with van der Waals surface area (Å²) < 4.78 is 4.95. The minimum Gasteiger partial charge on any atom is -0.385 e. The van der Waals surface area contributed by atoms with Crippen molar-refractivity contribution in [3.8, 4) is 0 Å². The zero-order chi connectivity index (χ0) is 14.1. The second kappa shape index (κ2) is 9.28. The molecule has 112 valence electrons. The number of ether oxygens (including phenoxy) is 1. The molecule has 1 heterocycles. The maximum Gasteiger partial charge on any atom is 0.234 e. The molecule has 3 N–H and O–H groups in total. The molecule has 0 bridgehead atoms. The Kier molecular flexibility index (Phi) is 8.02. The number of nitrogens with two attached hydrogens (primary N) is 1. The van der Waals surface area contributed by atoms with Crippen LogP contribution in [0.4, 0.5) is 0 Å². The number of rotatable bonds is 8. The van der Waals surface area contributed by atoms with E-state index < -0.39 is 0 Å². The molecule has 1 aliphatic heterocycles. The van der Waals surface area contributed by atoms with Crippen molar-refractivity contribution in [1.29, 1.82) is 0 Å². The van der Waals surface area contributed by atoms with E-state index in [0.717, 1.165) is 25.3 Å². The number of nitrogens with one attached hydrogen (secondary N) is 1. The SMILES string of the molecule is CCC1CCN(CC(=O)NCCCOC)C(CN)C1. The van der Waals surface area contributed by atoms with E-state index in [1.165, 1.54) is 12.8 Å². The van der Waals surface area contributed by atoms with Gasteiger partial charge in [-0.25, -0.2) is 0 Å². The fourth-order valence-corrected chi connectivity index (χ4v) is 2.69. The van der Waals surface area contributed by atoms with E-state index in [4.69, 9.17) is 10.5 Å². The molecular weight excluding hydrogens is 242 g/mol. The predicted molar refractivity (Wildman–Crippen MR) is 76.9 cm³/mol. The summed E-state index contributed by atoms with van der Waals surface area (Å²) >= 11 is 0. The van der Waals surface area contributed by atoms with Crippen LogP contribution in [0.25, 0.3) is 0 Å². The Hall–Kier alpha value is -0.650. The Balaban J connectivity index is 2.28. The molecule has 1 saturated heterocycles. The molecule has 1 fully saturated rings. The number of methoxy groups -OCH3 is 1. The lowest BCUT2D eigenvalue weighted by Crippen LogP contribution is -2.50.